The quantitative estimate of drug-likeness (QED) is 0.870. The Hall–Kier alpha value is -0.380. The molecular formula is C18H32N2S. The third kappa shape index (κ3) is 3.69. The first-order valence-corrected chi connectivity index (χ1v) is 9.27. The summed E-state index contributed by atoms with van der Waals surface area (Å²) in [5, 5.41) is 3.86. The number of piperazine rings is 1. The Bertz CT molecular complexity index is 440. The Kier molecular flexibility index (Phi) is 5.50. The molecule has 1 N–H and O–H groups in total. The molecule has 1 saturated heterocycles. The summed E-state index contributed by atoms with van der Waals surface area (Å²) < 4.78 is 0. The summed E-state index contributed by atoms with van der Waals surface area (Å²) in [6.45, 7) is 17.3. The summed E-state index contributed by atoms with van der Waals surface area (Å²) in [5.74, 6) is 0.700. The molecule has 2 heterocycles. The minimum Gasteiger partial charge on any atom is -0.308 e. The van der Waals surface area contributed by atoms with E-state index in [1.165, 1.54) is 34.7 Å². The van der Waals surface area contributed by atoms with E-state index >= 15 is 0 Å². The van der Waals surface area contributed by atoms with Crippen LogP contribution in [0.5, 0.6) is 0 Å². The summed E-state index contributed by atoms with van der Waals surface area (Å²) in [7, 11) is 0. The second-order valence-corrected chi connectivity index (χ2v) is 8.38. The van der Waals surface area contributed by atoms with E-state index in [0.717, 1.165) is 13.1 Å². The Balaban J connectivity index is 2.17. The molecule has 1 atom stereocenters. The minimum atomic E-state index is 0.312. The van der Waals surface area contributed by atoms with Gasteiger partial charge in [-0.3, -0.25) is 4.90 Å². The number of hydrogen-bond acceptors (Lipinski definition) is 3. The fourth-order valence-electron chi connectivity index (χ4n) is 3.49. The van der Waals surface area contributed by atoms with Crippen molar-refractivity contribution in [2.45, 2.75) is 72.5 Å². The first kappa shape index (κ1) is 17.0. The molecule has 0 bridgehead atoms. The fourth-order valence-corrected chi connectivity index (χ4v) is 4.57. The van der Waals surface area contributed by atoms with Crippen molar-refractivity contribution in [1.82, 2.24) is 10.2 Å². The summed E-state index contributed by atoms with van der Waals surface area (Å²) in [6, 6.07) is 3.04. The Morgan fingerprint density at radius 2 is 2.00 bits per heavy atom. The summed E-state index contributed by atoms with van der Waals surface area (Å²) in [4.78, 5) is 5.73. The number of nitrogens with one attached hydrogen (secondary N) is 1. The van der Waals surface area contributed by atoms with Gasteiger partial charge in [0.15, 0.2) is 0 Å². The van der Waals surface area contributed by atoms with E-state index in [9.17, 15) is 0 Å². The van der Waals surface area contributed by atoms with E-state index in [0.29, 0.717) is 17.5 Å². The predicted molar refractivity (Wildman–Crippen MR) is 94.1 cm³/mol. The fraction of sp³-hybridized carbons (Fsp3) is 0.778. The van der Waals surface area contributed by atoms with Crippen molar-refractivity contribution in [3.8, 4) is 0 Å². The van der Waals surface area contributed by atoms with Crippen molar-refractivity contribution in [2.75, 3.05) is 13.1 Å². The van der Waals surface area contributed by atoms with Gasteiger partial charge < -0.3 is 5.32 Å². The number of nitrogens with zero attached hydrogens (tertiary/aromatic N) is 1. The van der Waals surface area contributed by atoms with Crippen LogP contribution in [0.1, 0.15) is 55.9 Å². The highest BCUT2D eigenvalue weighted by Gasteiger charge is 2.37. The van der Waals surface area contributed by atoms with Crippen LogP contribution in [0.15, 0.2) is 6.07 Å². The predicted octanol–water partition coefficient (Wildman–Crippen LogP) is 4.35. The van der Waals surface area contributed by atoms with Crippen LogP contribution in [-0.2, 0) is 6.54 Å². The molecule has 0 aliphatic carbocycles. The second kappa shape index (κ2) is 6.80. The molecule has 2 rings (SSSR count). The molecule has 0 radical (unpaired) electrons. The molecule has 1 fully saturated rings. The first-order valence-electron chi connectivity index (χ1n) is 8.45. The average Bonchev–Trinajstić information content (AvgIpc) is 2.76. The van der Waals surface area contributed by atoms with Gasteiger partial charge in [-0.2, -0.15) is 0 Å². The van der Waals surface area contributed by atoms with Gasteiger partial charge in [-0.15, -0.1) is 11.3 Å². The summed E-state index contributed by atoms with van der Waals surface area (Å²) in [5.41, 5.74) is 1.76. The Morgan fingerprint density at radius 1 is 1.33 bits per heavy atom. The third-order valence-corrected chi connectivity index (χ3v) is 6.50. The molecule has 0 aromatic carbocycles. The molecule has 1 unspecified atom stereocenters. The lowest BCUT2D eigenvalue weighted by molar-refractivity contribution is 0.0451. The largest absolute Gasteiger partial charge is 0.308 e. The maximum Gasteiger partial charge on any atom is 0.0332 e. The lowest BCUT2D eigenvalue weighted by Gasteiger charge is -2.48. The van der Waals surface area contributed by atoms with E-state index in [1.54, 1.807) is 0 Å². The molecule has 2 nitrogen and oxygen atoms in total. The van der Waals surface area contributed by atoms with E-state index in [-0.39, 0.29) is 0 Å². The highest BCUT2D eigenvalue weighted by Crippen LogP contribution is 2.29. The van der Waals surface area contributed by atoms with Crippen LogP contribution in [0.25, 0.3) is 0 Å². The van der Waals surface area contributed by atoms with Crippen LogP contribution in [-0.4, -0.2) is 29.6 Å². The number of thiophene rings is 1. The number of aryl methyl sites for hydroxylation is 2. The summed E-state index contributed by atoms with van der Waals surface area (Å²) >= 11 is 1.98. The molecule has 0 spiro atoms. The Labute approximate surface area is 134 Å². The number of rotatable bonds is 5. The molecule has 1 aliphatic heterocycles. The zero-order valence-corrected chi connectivity index (χ0v) is 15.4. The molecule has 1 aromatic rings. The molecule has 1 aliphatic rings. The van der Waals surface area contributed by atoms with Gasteiger partial charge in [0.25, 0.3) is 0 Å². The Morgan fingerprint density at radius 3 is 2.48 bits per heavy atom. The van der Waals surface area contributed by atoms with Crippen molar-refractivity contribution < 1.29 is 0 Å². The minimum absolute atomic E-state index is 0.312. The van der Waals surface area contributed by atoms with Gasteiger partial charge in [0.2, 0.25) is 0 Å². The van der Waals surface area contributed by atoms with Crippen molar-refractivity contribution >= 4 is 11.3 Å². The van der Waals surface area contributed by atoms with Crippen molar-refractivity contribution in [2.24, 2.45) is 5.92 Å². The summed E-state index contributed by atoms with van der Waals surface area (Å²) in [6.07, 6.45) is 2.43. The lowest BCUT2D eigenvalue weighted by atomic mass is 9.86. The van der Waals surface area contributed by atoms with Crippen molar-refractivity contribution in [3.63, 3.8) is 0 Å². The standard InChI is InChI=1S/C18H32N2S/c1-7-18(8-2)12-20(17(10-19-18)13(3)4)11-16-9-14(5)15(6)21-16/h9,13,17,19H,7-8,10-12H2,1-6H3. The molecular weight excluding hydrogens is 276 g/mol. The van der Waals surface area contributed by atoms with E-state index in [2.05, 4.69) is 57.8 Å². The van der Waals surface area contributed by atoms with Crippen molar-refractivity contribution in [1.29, 1.82) is 0 Å². The van der Waals surface area contributed by atoms with Gasteiger partial charge in [-0.1, -0.05) is 27.7 Å². The van der Waals surface area contributed by atoms with E-state index in [4.69, 9.17) is 0 Å². The van der Waals surface area contributed by atoms with Gasteiger partial charge in [0, 0.05) is 41.0 Å². The van der Waals surface area contributed by atoms with Crippen LogP contribution in [0.2, 0.25) is 0 Å². The van der Waals surface area contributed by atoms with Crippen LogP contribution >= 0.6 is 11.3 Å². The molecule has 120 valence electrons. The smallest absolute Gasteiger partial charge is 0.0332 e. The van der Waals surface area contributed by atoms with Crippen LogP contribution in [0.4, 0.5) is 0 Å². The molecule has 21 heavy (non-hydrogen) atoms. The average molecular weight is 309 g/mol. The zero-order chi connectivity index (χ0) is 15.6. The zero-order valence-electron chi connectivity index (χ0n) is 14.6. The monoisotopic (exact) mass is 308 g/mol. The maximum atomic E-state index is 3.86. The van der Waals surface area contributed by atoms with Gasteiger partial charge in [0.1, 0.15) is 0 Å². The van der Waals surface area contributed by atoms with Gasteiger partial charge in [-0.05, 0) is 44.2 Å². The lowest BCUT2D eigenvalue weighted by Crippen LogP contribution is -2.64. The molecule has 0 saturated carbocycles. The third-order valence-electron chi connectivity index (χ3n) is 5.36. The SMILES string of the molecule is CCC1(CC)CN(Cc2cc(C)c(C)s2)C(C(C)C)CN1. The van der Waals surface area contributed by atoms with Gasteiger partial charge in [0.05, 0.1) is 0 Å². The van der Waals surface area contributed by atoms with Crippen LogP contribution in [0.3, 0.4) is 0 Å². The topological polar surface area (TPSA) is 15.3 Å². The maximum absolute atomic E-state index is 3.86. The second-order valence-electron chi connectivity index (χ2n) is 7.04. The van der Waals surface area contributed by atoms with Gasteiger partial charge >= 0.3 is 0 Å². The number of hydrogen-bond donors (Lipinski definition) is 1. The van der Waals surface area contributed by atoms with Crippen LogP contribution < -0.4 is 5.32 Å². The van der Waals surface area contributed by atoms with Crippen molar-refractivity contribution in [3.05, 3.63) is 21.4 Å². The van der Waals surface area contributed by atoms with E-state index in [1.807, 2.05) is 11.3 Å². The molecule has 3 heteroatoms. The highest BCUT2D eigenvalue weighted by molar-refractivity contribution is 7.12. The first-order chi connectivity index (χ1) is 9.90. The molecule has 1 aromatic heterocycles. The molecule has 0 amide bonds. The van der Waals surface area contributed by atoms with E-state index < -0.39 is 0 Å². The van der Waals surface area contributed by atoms with Crippen LogP contribution in [0, 0.1) is 19.8 Å². The normalized spacial score (nSPS) is 22.9. The highest BCUT2D eigenvalue weighted by atomic mass is 32.1. The van der Waals surface area contributed by atoms with Gasteiger partial charge in [-0.25, -0.2) is 0 Å².